The summed E-state index contributed by atoms with van der Waals surface area (Å²) in [5.74, 6) is 0.0617. The number of aryl methyl sites for hydroxylation is 2. The molecule has 0 saturated carbocycles. The molecule has 1 unspecified atom stereocenters. The second kappa shape index (κ2) is 6.65. The second-order valence-electron chi connectivity index (χ2n) is 5.77. The molecule has 4 heteroatoms. The van der Waals surface area contributed by atoms with Gasteiger partial charge in [-0.1, -0.05) is 36.4 Å². The number of aromatic nitrogens is 2. The Morgan fingerprint density at radius 1 is 1.17 bits per heavy atom. The third-order valence-electron chi connectivity index (χ3n) is 4.09. The van der Waals surface area contributed by atoms with Crippen molar-refractivity contribution in [3.05, 3.63) is 71.7 Å². The molecule has 1 N–H and O–H groups in total. The Morgan fingerprint density at radius 3 is 2.70 bits per heavy atom. The molecule has 0 aliphatic rings. The van der Waals surface area contributed by atoms with Crippen LogP contribution in [0, 0.1) is 6.92 Å². The highest BCUT2D eigenvalue weighted by atomic mass is 16.1. The van der Waals surface area contributed by atoms with Crippen molar-refractivity contribution in [2.45, 2.75) is 32.7 Å². The average molecular weight is 307 g/mol. The molecule has 4 nitrogen and oxygen atoms in total. The van der Waals surface area contributed by atoms with Crippen LogP contribution in [0.4, 0.5) is 0 Å². The number of hydrogen-bond donors (Lipinski definition) is 1. The molecule has 2 heterocycles. The maximum atomic E-state index is 12.2. The van der Waals surface area contributed by atoms with Gasteiger partial charge in [0.25, 0.3) is 0 Å². The minimum absolute atomic E-state index is 0.0204. The summed E-state index contributed by atoms with van der Waals surface area (Å²) in [5.41, 5.74) is 4.13. The number of fused-ring (bicyclic) bond motifs is 1. The van der Waals surface area contributed by atoms with Crippen molar-refractivity contribution in [1.29, 1.82) is 0 Å². The number of nitrogens with one attached hydrogen (secondary N) is 1. The monoisotopic (exact) mass is 307 g/mol. The summed E-state index contributed by atoms with van der Waals surface area (Å²) in [4.78, 5) is 16.8. The van der Waals surface area contributed by atoms with Crippen molar-refractivity contribution in [3.8, 4) is 0 Å². The van der Waals surface area contributed by atoms with E-state index in [-0.39, 0.29) is 11.9 Å². The molecule has 1 aromatic carbocycles. The van der Waals surface area contributed by atoms with Gasteiger partial charge in [-0.15, -0.1) is 0 Å². The van der Waals surface area contributed by atoms with Gasteiger partial charge < -0.3 is 9.72 Å². The summed E-state index contributed by atoms with van der Waals surface area (Å²) >= 11 is 0. The lowest BCUT2D eigenvalue weighted by atomic mass is 10.1. The number of rotatable bonds is 5. The standard InChI is InChI=1S/C19H21N3O/c1-14(16-8-4-3-5-9-16)21-19(23)12-11-17-15(2)20-18-10-6-7-13-22(17)18/h3-10,13-14H,11-12H2,1-2H3,(H,21,23). The molecule has 118 valence electrons. The zero-order valence-electron chi connectivity index (χ0n) is 13.5. The summed E-state index contributed by atoms with van der Waals surface area (Å²) in [6.07, 6.45) is 3.14. The van der Waals surface area contributed by atoms with Crippen LogP contribution in [0.3, 0.4) is 0 Å². The molecule has 0 aliphatic heterocycles. The molecule has 0 saturated heterocycles. The van der Waals surface area contributed by atoms with Crippen molar-refractivity contribution >= 4 is 11.6 Å². The Hall–Kier alpha value is -2.62. The van der Waals surface area contributed by atoms with E-state index >= 15 is 0 Å². The van der Waals surface area contributed by atoms with E-state index in [0.717, 1.165) is 22.6 Å². The van der Waals surface area contributed by atoms with E-state index in [4.69, 9.17) is 0 Å². The molecule has 0 fully saturated rings. The van der Waals surface area contributed by atoms with Gasteiger partial charge in [-0.25, -0.2) is 4.98 Å². The Morgan fingerprint density at radius 2 is 1.91 bits per heavy atom. The van der Waals surface area contributed by atoms with Crippen LogP contribution in [0.2, 0.25) is 0 Å². The second-order valence-corrected chi connectivity index (χ2v) is 5.77. The summed E-state index contributed by atoms with van der Waals surface area (Å²) in [6, 6.07) is 16.0. The highest BCUT2D eigenvalue weighted by Gasteiger charge is 2.12. The van der Waals surface area contributed by atoms with E-state index in [1.807, 2.05) is 68.6 Å². The molecule has 0 aliphatic carbocycles. The van der Waals surface area contributed by atoms with Crippen molar-refractivity contribution in [1.82, 2.24) is 14.7 Å². The number of carbonyl (C=O) groups is 1. The third kappa shape index (κ3) is 3.42. The lowest BCUT2D eigenvalue weighted by Gasteiger charge is -2.14. The van der Waals surface area contributed by atoms with Crippen LogP contribution in [-0.2, 0) is 11.2 Å². The van der Waals surface area contributed by atoms with E-state index in [9.17, 15) is 4.79 Å². The molecule has 0 spiro atoms. The fraction of sp³-hybridized carbons (Fsp3) is 0.263. The van der Waals surface area contributed by atoms with Crippen LogP contribution in [0.25, 0.3) is 5.65 Å². The maximum absolute atomic E-state index is 12.2. The molecular weight excluding hydrogens is 286 g/mol. The first-order chi connectivity index (χ1) is 11.1. The first kappa shape index (κ1) is 15.3. The van der Waals surface area contributed by atoms with Gasteiger partial charge in [0, 0.05) is 18.3 Å². The number of nitrogens with zero attached hydrogens (tertiary/aromatic N) is 2. The lowest BCUT2D eigenvalue weighted by molar-refractivity contribution is -0.121. The molecule has 3 aromatic rings. The number of amides is 1. The lowest BCUT2D eigenvalue weighted by Crippen LogP contribution is -2.26. The van der Waals surface area contributed by atoms with E-state index in [0.29, 0.717) is 12.8 Å². The summed E-state index contributed by atoms with van der Waals surface area (Å²) in [6.45, 7) is 4.00. The fourth-order valence-corrected chi connectivity index (χ4v) is 2.84. The van der Waals surface area contributed by atoms with Crippen LogP contribution in [0.1, 0.15) is 36.3 Å². The number of pyridine rings is 1. The minimum atomic E-state index is 0.0204. The number of hydrogen-bond acceptors (Lipinski definition) is 2. The van der Waals surface area contributed by atoms with Crippen LogP contribution in [0.15, 0.2) is 54.7 Å². The van der Waals surface area contributed by atoms with Crippen LogP contribution in [0.5, 0.6) is 0 Å². The van der Waals surface area contributed by atoms with Gasteiger partial charge in [0.2, 0.25) is 5.91 Å². The number of benzene rings is 1. The highest BCUT2D eigenvalue weighted by Crippen LogP contribution is 2.15. The normalized spacial score (nSPS) is 12.3. The SMILES string of the molecule is Cc1nc2ccccn2c1CCC(=O)NC(C)c1ccccc1. The molecule has 3 rings (SSSR count). The van der Waals surface area contributed by atoms with Gasteiger partial charge in [-0.05, 0) is 38.0 Å². The van der Waals surface area contributed by atoms with E-state index in [1.54, 1.807) is 0 Å². The molecule has 0 bridgehead atoms. The minimum Gasteiger partial charge on any atom is -0.350 e. The van der Waals surface area contributed by atoms with Gasteiger partial charge >= 0.3 is 0 Å². The van der Waals surface area contributed by atoms with Crippen LogP contribution < -0.4 is 5.32 Å². The van der Waals surface area contributed by atoms with Crippen molar-refractivity contribution in [2.75, 3.05) is 0 Å². The molecule has 23 heavy (non-hydrogen) atoms. The zero-order chi connectivity index (χ0) is 16.2. The molecule has 0 radical (unpaired) electrons. The quantitative estimate of drug-likeness (QED) is 0.784. The predicted molar refractivity (Wildman–Crippen MR) is 91.2 cm³/mol. The molecule has 2 aromatic heterocycles. The summed E-state index contributed by atoms with van der Waals surface area (Å²) in [5, 5.41) is 3.06. The van der Waals surface area contributed by atoms with Crippen molar-refractivity contribution < 1.29 is 4.79 Å². The Labute approximate surface area is 136 Å². The summed E-state index contributed by atoms with van der Waals surface area (Å²) < 4.78 is 2.06. The maximum Gasteiger partial charge on any atom is 0.220 e. The van der Waals surface area contributed by atoms with E-state index in [2.05, 4.69) is 14.7 Å². The first-order valence-electron chi connectivity index (χ1n) is 7.92. The predicted octanol–water partition coefficient (Wildman–Crippen LogP) is 3.45. The van der Waals surface area contributed by atoms with Gasteiger partial charge in [0.05, 0.1) is 11.7 Å². The molecular formula is C19H21N3O. The Bertz CT molecular complexity index is 808. The highest BCUT2D eigenvalue weighted by molar-refractivity contribution is 5.76. The fourth-order valence-electron chi connectivity index (χ4n) is 2.84. The van der Waals surface area contributed by atoms with Crippen LogP contribution >= 0.6 is 0 Å². The Balaban J connectivity index is 1.63. The zero-order valence-corrected chi connectivity index (χ0v) is 13.5. The summed E-state index contributed by atoms with van der Waals surface area (Å²) in [7, 11) is 0. The van der Waals surface area contributed by atoms with Crippen molar-refractivity contribution in [2.24, 2.45) is 0 Å². The number of carbonyl (C=O) groups excluding carboxylic acids is 1. The Kier molecular flexibility index (Phi) is 4.42. The molecule has 1 amide bonds. The third-order valence-corrected chi connectivity index (χ3v) is 4.09. The van der Waals surface area contributed by atoms with E-state index < -0.39 is 0 Å². The molecule has 1 atom stereocenters. The topological polar surface area (TPSA) is 46.4 Å². The first-order valence-corrected chi connectivity index (χ1v) is 7.92. The van der Waals surface area contributed by atoms with Gasteiger partial charge in [0.15, 0.2) is 0 Å². The largest absolute Gasteiger partial charge is 0.350 e. The van der Waals surface area contributed by atoms with Gasteiger partial charge in [-0.3, -0.25) is 4.79 Å². The van der Waals surface area contributed by atoms with Gasteiger partial charge in [0.1, 0.15) is 5.65 Å². The van der Waals surface area contributed by atoms with Crippen LogP contribution in [-0.4, -0.2) is 15.3 Å². The smallest absolute Gasteiger partial charge is 0.220 e. The number of imidazole rings is 1. The average Bonchev–Trinajstić information content (AvgIpc) is 2.89. The van der Waals surface area contributed by atoms with E-state index in [1.165, 1.54) is 0 Å². The van der Waals surface area contributed by atoms with Gasteiger partial charge in [-0.2, -0.15) is 0 Å². The van der Waals surface area contributed by atoms with Crippen molar-refractivity contribution in [3.63, 3.8) is 0 Å².